The highest BCUT2D eigenvalue weighted by Gasteiger charge is 2.28. The van der Waals surface area contributed by atoms with E-state index in [9.17, 15) is 9.18 Å². The third-order valence-corrected chi connectivity index (χ3v) is 4.99. The molecule has 5 nitrogen and oxygen atoms in total. The van der Waals surface area contributed by atoms with Gasteiger partial charge in [0.05, 0.1) is 0 Å². The molecule has 0 atom stereocenters. The van der Waals surface area contributed by atoms with Gasteiger partial charge in [-0.3, -0.25) is 4.79 Å². The van der Waals surface area contributed by atoms with Crippen molar-refractivity contribution in [3.8, 4) is 11.4 Å². The van der Waals surface area contributed by atoms with Gasteiger partial charge in [0.25, 0.3) is 0 Å². The van der Waals surface area contributed by atoms with Crippen LogP contribution in [0.5, 0.6) is 0 Å². The molecule has 1 aliphatic rings. The first-order valence-electron chi connectivity index (χ1n) is 9.05. The van der Waals surface area contributed by atoms with Crippen molar-refractivity contribution in [1.82, 2.24) is 10.1 Å². The predicted octanol–water partition coefficient (Wildman–Crippen LogP) is 4.28. The van der Waals surface area contributed by atoms with Gasteiger partial charge in [-0.05, 0) is 44.0 Å². The number of anilines is 1. The van der Waals surface area contributed by atoms with Crippen LogP contribution in [-0.4, -0.2) is 29.0 Å². The number of Topliss-reactive ketones (excluding diaryl/α,β-unsaturated/α-hetero) is 1. The molecular formula is C21H20FN3O2. The Morgan fingerprint density at radius 2 is 1.74 bits per heavy atom. The Bertz CT molecular complexity index is 927. The number of hydrogen-bond acceptors (Lipinski definition) is 5. The Balaban J connectivity index is 1.40. The minimum Gasteiger partial charge on any atom is -0.324 e. The fraction of sp³-hybridized carbons (Fsp3) is 0.286. The molecule has 6 heteroatoms. The van der Waals surface area contributed by atoms with Crippen molar-refractivity contribution in [2.45, 2.75) is 19.8 Å². The summed E-state index contributed by atoms with van der Waals surface area (Å²) in [5, 5.41) is 4.07. The summed E-state index contributed by atoms with van der Waals surface area (Å²) in [7, 11) is 0. The third-order valence-electron chi connectivity index (χ3n) is 4.99. The Morgan fingerprint density at radius 3 is 2.41 bits per heavy atom. The van der Waals surface area contributed by atoms with Crippen LogP contribution in [-0.2, 0) is 0 Å². The number of rotatable bonds is 4. The standard InChI is InChI=1S/C21H20FN3O2/c1-14-2-4-17(5-3-14)20-23-21(27-24-20)25-12-10-16(11-13-25)19(26)15-6-8-18(22)9-7-15/h2-9,16H,10-13H2,1H3. The number of hydrogen-bond donors (Lipinski definition) is 0. The van der Waals surface area contributed by atoms with Crippen molar-refractivity contribution in [3.05, 3.63) is 65.5 Å². The summed E-state index contributed by atoms with van der Waals surface area (Å²) < 4.78 is 18.5. The normalized spacial score (nSPS) is 15.1. The average molecular weight is 365 g/mol. The van der Waals surface area contributed by atoms with Crippen LogP contribution in [0, 0.1) is 18.7 Å². The summed E-state index contributed by atoms with van der Waals surface area (Å²) in [5.74, 6) is 0.239. The zero-order valence-electron chi connectivity index (χ0n) is 15.1. The molecule has 2 heterocycles. The van der Waals surface area contributed by atoms with Crippen LogP contribution in [0.4, 0.5) is 10.4 Å². The first kappa shape index (κ1) is 17.4. The summed E-state index contributed by atoms with van der Waals surface area (Å²) in [6.07, 6.45) is 1.41. The van der Waals surface area contributed by atoms with Gasteiger partial charge in [-0.15, -0.1) is 0 Å². The summed E-state index contributed by atoms with van der Waals surface area (Å²) in [4.78, 5) is 19.1. The lowest BCUT2D eigenvalue weighted by atomic mass is 9.89. The Morgan fingerprint density at radius 1 is 1.07 bits per heavy atom. The number of aromatic nitrogens is 2. The summed E-state index contributed by atoms with van der Waals surface area (Å²) in [6, 6.07) is 14.2. The number of nitrogens with zero attached hydrogens (tertiary/aromatic N) is 3. The molecule has 1 aliphatic heterocycles. The molecule has 27 heavy (non-hydrogen) atoms. The van der Waals surface area contributed by atoms with Crippen LogP contribution in [0.3, 0.4) is 0 Å². The van der Waals surface area contributed by atoms with Gasteiger partial charge >= 0.3 is 6.01 Å². The zero-order chi connectivity index (χ0) is 18.8. The minimum atomic E-state index is -0.331. The van der Waals surface area contributed by atoms with Gasteiger partial charge < -0.3 is 9.42 Å². The monoisotopic (exact) mass is 365 g/mol. The van der Waals surface area contributed by atoms with Gasteiger partial charge in [-0.2, -0.15) is 4.98 Å². The van der Waals surface area contributed by atoms with Crippen LogP contribution in [0.1, 0.15) is 28.8 Å². The van der Waals surface area contributed by atoms with E-state index < -0.39 is 0 Å². The number of halogens is 1. The van der Waals surface area contributed by atoms with Crippen molar-refractivity contribution in [1.29, 1.82) is 0 Å². The first-order valence-corrected chi connectivity index (χ1v) is 9.05. The summed E-state index contributed by atoms with van der Waals surface area (Å²) >= 11 is 0. The van der Waals surface area contributed by atoms with E-state index in [1.165, 1.54) is 17.7 Å². The molecule has 0 saturated carbocycles. The molecule has 0 amide bonds. The molecule has 1 fully saturated rings. The lowest BCUT2D eigenvalue weighted by Gasteiger charge is -2.29. The highest BCUT2D eigenvalue weighted by Crippen LogP contribution is 2.26. The molecule has 0 aliphatic carbocycles. The fourth-order valence-corrected chi connectivity index (χ4v) is 3.35. The SMILES string of the molecule is Cc1ccc(-c2noc(N3CCC(C(=O)c4ccc(F)cc4)CC3)n2)cc1. The topological polar surface area (TPSA) is 59.2 Å². The van der Waals surface area contributed by atoms with Crippen molar-refractivity contribution < 1.29 is 13.7 Å². The van der Waals surface area contributed by atoms with E-state index in [0.29, 0.717) is 43.3 Å². The predicted molar refractivity (Wildman–Crippen MR) is 100 cm³/mol. The zero-order valence-corrected chi connectivity index (χ0v) is 15.1. The van der Waals surface area contributed by atoms with E-state index in [1.807, 2.05) is 36.1 Å². The number of carbonyl (C=O) groups excluding carboxylic acids is 1. The van der Waals surface area contributed by atoms with E-state index >= 15 is 0 Å². The van der Waals surface area contributed by atoms with Gasteiger partial charge in [-0.25, -0.2) is 4.39 Å². The Labute approximate surface area is 156 Å². The Kier molecular flexibility index (Phi) is 4.71. The molecule has 0 bridgehead atoms. The smallest absolute Gasteiger partial charge is 0.324 e. The molecule has 3 aromatic rings. The number of aryl methyl sites for hydroxylation is 1. The second-order valence-electron chi connectivity index (χ2n) is 6.90. The maximum absolute atomic E-state index is 13.0. The highest BCUT2D eigenvalue weighted by atomic mass is 19.1. The third kappa shape index (κ3) is 3.74. The van der Waals surface area contributed by atoms with E-state index in [4.69, 9.17) is 4.52 Å². The molecule has 0 N–H and O–H groups in total. The highest BCUT2D eigenvalue weighted by molar-refractivity contribution is 5.97. The molecule has 4 rings (SSSR count). The number of piperidine rings is 1. The maximum Gasteiger partial charge on any atom is 0.324 e. The minimum absolute atomic E-state index is 0.0637. The molecule has 1 aromatic heterocycles. The molecule has 2 aromatic carbocycles. The van der Waals surface area contributed by atoms with Crippen molar-refractivity contribution in [3.63, 3.8) is 0 Å². The quantitative estimate of drug-likeness (QED) is 0.646. The number of benzene rings is 2. The molecule has 1 saturated heterocycles. The van der Waals surface area contributed by atoms with Crippen LogP contribution in [0.25, 0.3) is 11.4 Å². The van der Waals surface area contributed by atoms with E-state index in [1.54, 1.807) is 12.1 Å². The fourth-order valence-electron chi connectivity index (χ4n) is 3.35. The lowest BCUT2D eigenvalue weighted by Crippen LogP contribution is -2.36. The molecule has 0 radical (unpaired) electrons. The molecule has 0 spiro atoms. The largest absolute Gasteiger partial charge is 0.324 e. The van der Waals surface area contributed by atoms with Gasteiger partial charge in [0.2, 0.25) is 5.82 Å². The van der Waals surface area contributed by atoms with Gasteiger partial charge in [0.1, 0.15) is 5.82 Å². The summed E-state index contributed by atoms with van der Waals surface area (Å²) in [6.45, 7) is 3.38. The van der Waals surface area contributed by atoms with E-state index in [0.717, 1.165) is 5.56 Å². The van der Waals surface area contributed by atoms with Crippen LogP contribution >= 0.6 is 0 Å². The first-order chi connectivity index (χ1) is 13.1. The maximum atomic E-state index is 13.0. The van der Waals surface area contributed by atoms with Gasteiger partial charge in [0.15, 0.2) is 5.78 Å². The van der Waals surface area contributed by atoms with Crippen LogP contribution in [0.2, 0.25) is 0 Å². The molecular weight excluding hydrogens is 345 g/mol. The van der Waals surface area contributed by atoms with E-state index in [-0.39, 0.29) is 17.5 Å². The second-order valence-corrected chi connectivity index (χ2v) is 6.90. The van der Waals surface area contributed by atoms with Crippen LogP contribution in [0.15, 0.2) is 53.1 Å². The van der Waals surface area contributed by atoms with Crippen molar-refractivity contribution in [2.75, 3.05) is 18.0 Å². The second kappa shape index (κ2) is 7.31. The number of ketones is 1. The van der Waals surface area contributed by atoms with Crippen molar-refractivity contribution >= 4 is 11.8 Å². The lowest BCUT2D eigenvalue weighted by molar-refractivity contribution is 0.0899. The molecule has 138 valence electrons. The average Bonchev–Trinajstić information content (AvgIpc) is 3.19. The van der Waals surface area contributed by atoms with Gasteiger partial charge in [0, 0.05) is 30.1 Å². The van der Waals surface area contributed by atoms with E-state index in [2.05, 4.69) is 10.1 Å². The van der Waals surface area contributed by atoms with Gasteiger partial charge in [-0.1, -0.05) is 35.0 Å². The Hall–Kier alpha value is -3.02. The number of carbonyl (C=O) groups is 1. The molecule has 0 unspecified atom stereocenters. The van der Waals surface area contributed by atoms with Crippen LogP contribution < -0.4 is 4.90 Å². The summed E-state index contributed by atoms with van der Waals surface area (Å²) in [5.41, 5.74) is 2.65. The van der Waals surface area contributed by atoms with Crippen molar-refractivity contribution in [2.24, 2.45) is 5.92 Å².